The molecule has 2 aromatic rings. The monoisotopic (exact) mass is 368 g/mol. The minimum atomic E-state index is -3.12. The van der Waals surface area contributed by atoms with Crippen molar-refractivity contribution in [3.63, 3.8) is 0 Å². The zero-order valence-electron chi connectivity index (χ0n) is 13.4. The number of ether oxygens (including phenoxy) is 1. The molecule has 1 unspecified atom stereocenters. The normalized spacial score (nSPS) is 13.0. The van der Waals surface area contributed by atoms with Gasteiger partial charge >= 0.3 is 5.97 Å². The second-order valence-corrected chi connectivity index (χ2v) is 7.31. The van der Waals surface area contributed by atoms with Gasteiger partial charge in [0.2, 0.25) is 0 Å². The number of esters is 1. The number of aromatic nitrogens is 1. The molecule has 0 aliphatic carbocycles. The Morgan fingerprint density at radius 2 is 2.00 bits per heavy atom. The summed E-state index contributed by atoms with van der Waals surface area (Å²) in [4.78, 5) is 27.0. The average Bonchev–Trinajstić information content (AvgIpc) is 2.50. The summed E-state index contributed by atoms with van der Waals surface area (Å²) in [6.45, 7) is 1.04. The molecule has 25 heavy (non-hydrogen) atoms. The minimum Gasteiger partial charge on any atom is -0.423 e. The molecular weight excluding hydrogens is 354 g/mol. The summed E-state index contributed by atoms with van der Waals surface area (Å²) in [6.07, 6.45) is 2.04. The summed E-state index contributed by atoms with van der Waals surface area (Å²) in [5.41, 5.74) is -0.210. The molecule has 0 aliphatic heterocycles. The van der Waals surface area contributed by atoms with Gasteiger partial charge in [0.1, 0.15) is 10.8 Å². The maximum Gasteiger partial charge on any atom is 0.308 e. The van der Waals surface area contributed by atoms with Crippen LogP contribution >= 0.6 is 0 Å². The van der Waals surface area contributed by atoms with Gasteiger partial charge in [-0.25, -0.2) is 18.0 Å². The van der Waals surface area contributed by atoms with E-state index in [0.717, 1.165) is 13.0 Å². The molecule has 1 aromatic carbocycles. The van der Waals surface area contributed by atoms with Crippen molar-refractivity contribution in [1.29, 1.82) is 0 Å². The fraction of sp³-hybridized carbons (Fsp3) is 0.188. The summed E-state index contributed by atoms with van der Waals surface area (Å²) in [7, 11) is -3.12. The highest BCUT2D eigenvalue weighted by Gasteiger charge is 2.18. The Balaban J connectivity index is 2.36. The van der Waals surface area contributed by atoms with Crippen LogP contribution in [-0.2, 0) is 25.7 Å². The maximum atomic E-state index is 13.8. The Morgan fingerprint density at radius 3 is 2.60 bits per heavy atom. The van der Waals surface area contributed by atoms with Crippen LogP contribution in [0.25, 0.3) is 0 Å². The van der Waals surface area contributed by atoms with Crippen LogP contribution in [0.15, 0.2) is 45.9 Å². The fourth-order valence-electron chi connectivity index (χ4n) is 2.01. The van der Waals surface area contributed by atoms with E-state index in [9.17, 15) is 22.6 Å². The molecule has 0 radical (unpaired) electrons. The van der Waals surface area contributed by atoms with Crippen LogP contribution in [0.1, 0.15) is 12.5 Å². The molecule has 0 fully saturated rings. The van der Waals surface area contributed by atoms with Gasteiger partial charge in [0.05, 0.1) is 16.1 Å². The fourth-order valence-corrected chi connectivity index (χ4v) is 3.14. The van der Waals surface area contributed by atoms with Crippen LogP contribution in [0.2, 0.25) is 0 Å². The van der Waals surface area contributed by atoms with Crippen molar-refractivity contribution in [1.82, 2.24) is 4.98 Å². The van der Waals surface area contributed by atoms with Gasteiger partial charge < -0.3 is 4.74 Å². The number of hydrogen-bond donors (Lipinski definition) is 0. The lowest BCUT2D eigenvalue weighted by molar-refractivity contribution is -0.132. The van der Waals surface area contributed by atoms with Crippen molar-refractivity contribution in [3.05, 3.63) is 53.7 Å². The third-order valence-corrected chi connectivity index (χ3v) is 4.54. The smallest absolute Gasteiger partial charge is 0.308 e. The van der Waals surface area contributed by atoms with E-state index in [2.05, 4.69) is 14.1 Å². The summed E-state index contributed by atoms with van der Waals surface area (Å²) < 4.78 is 48.0. The highest BCUT2D eigenvalue weighted by Crippen LogP contribution is 2.25. The van der Waals surface area contributed by atoms with Gasteiger partial charge in [0.25, 0.3) is 5.91 Å². The lowest BCUT2D eigenvalue weighted by atomic mass is 10.1. The van der Waals surface area contributed by atoms with Gasteiger partial charge in [-0.15, -0.1) is 0 Å². The predicted octanol–water partition coefficient (Wildman–Crippen LogP) is 2.51. The Hall–Kier alpha value is -2.68. The molecule has 132 valence electrons. The molecule has 2 rings (SSSR count). The molecule has 0 saturated heterocycles. The number of carbonyl (C=O) groups excluding carboxylic acids is 2. The molecule has 1 aromatic heterocycles. The van der Waals surface area contributed by atoms with E-state index in [1.54, 1.807) is 12.1 Å². The first-order chi connectivity index (χ1) is 11.7. The highest BCUT2D eigenvalue weighted by molar-refractivity contribution is 7.93. The molecular formula is C16H14F2N2O4S. The van der Waals surface area contributed by atoms with Crippen LogP contribution < -0.4 is 4.74 Å². The largest absolute Gasteiger partial charge is 0.423 e. The standard InChI is InChI=1S/C16H14F2N2O4S/c1-10(21)24-16-11(7-12(17)9-13(16)18)8-14(22)20-25(2,23)15-5-3-4-6-19-15/h3-7,9H,8H2,1-2H3. The van der Waals surface area contributed by atoms with Gasteiger partial charge in [-0.1, -0.05) is 6.07 Å². The minimum absolute atomic E-state index is 0.106. The van der Waals surface area contributed by atoms with Crippen molar-refractivity contribution in [3.8, 4) is 5.75 Å². The predicted molar refractivity (Wildman–Crippen MR) is 85.4 cm³/mol. The van der Waals surface area contributed by atoms with Gasteiger partial charge in [-0.05, 0) is 18.2 Å². The molecule has 9 heteroatoms. The van der Waals surface area contributed by atoms with E-state index in [1.807, 2.05) is 0 Å². The van der Waals surface area contributed by atoms with E-state index in [4.69, 9.17) is 0 Å². The molecule has 0 saturated carbocycles. The first-order valence-corrected chi connectivity index (χ1v) is 8.94. The number of carbonyl (C=O) groups is 2. The Kier molecular flexibility index (Phi) is 5.58. The molecule has 0 N–H and O–H groups in total. The van der Waals surface area contributed by atoms with Crippen molar-refractivity contribution in [2.24, 2.45) is 4.36 Å². The molecule has 1 heterocycles. The van der Waals surface area contributed by atoms with Crippen LogP contribution in [0, 0.1) is 11.6 Å². The van der Waals surface area contributed by atoms with Gasteiger partial charge in [0, 0.05) is 31.0 Å². The molecule has 0 aliphatic rings. The Morgan fingerprint density at radius 1 is 1.28 bits per heavy atom. The van der Waals surface area contributed by atoms with Gasteiger partial charge in [-0.3, -0.25) is 9.59 Å². The number of pyridine rings is 1. The lowest BCUT2D eigenvalue weighted by Crippen LogP contribution is -2.11. The third kappa shape index (κ3) is 4.90. The Labute approximate surface area is 143 Å². The van der Waals surface area contributed by atoms with Crippen molar-refractivity contribution >= 4 is 21.6 Å². The van der Waals surface area contributed by atoms with Gasteiger partial charge in [-0.2, -0.15) is 4.36 Å². The molecule has 1 amide bonds. The molecule has 0 bridgehead atoms. The number of halogens is 2. The van der Waals surface area contributed by atoms with Gasteiger partial charge in [0.15, 0.2) is 11.6 Å². The second kappa shape index (κ2) is 7.47. The highest BCUT2D eigenvalue weighted by atomic mass is 32.2. The van der Waals surface area contributed by atoms with Crippen LogP contribution in [0.3, 0.4) is 0 Å². The SMILES string of the molecule is CC(=O)Oc1c(F)cc(F)cc1CC(=O)N=S(C)(=O)c1ccccn1. The molecule has 1 atom stereocenters. The van der Waals surface area contributed by atoms with E-state index < -0.39 is 45.4 Å². The van der Waals surface area contributed by atoms with Crippen LogP contribution in [0.4, 0.5) is 8.78 Å². The van der Waals surface area contributed by atoms with Crippen molar-refractivity contribution in [2.75, 3.05) is 6.26 Å². The molecule has 0 spiro atoms. The number of benzene rings is 1. The summed E-state index contributed by atoms with van der Waals surface area (Å²) >= 11 is 0. The van der Waals surface area contributed by atoms with Crippen LogP contribution in [-0.4, -0.2) is 27.3 Å². The zero-order chi connectivity index (χ0) is 18.6. The number of nitrogens with zero attached hydrogens (tertiary/aromatic N) is 2. The van der Waals surface area contributed by atoms with Crippen LogP contribution in [0.5, 0.6) is 5.75 Å². The topological polar surface area (TPSA) is 85.7 Å². The quantitative estimate of drug-likeness (QED) is 0.611. The third-order valence-electron chi connectivity index (χ3n) is 2.97. The number of rotatable bonds is 4. The summed E-state index contributed by atoms with van der Waals surface area (Å²) in [6, 6.07) is 6.03. The lowest BCUT2D eigenvalue weighted by Gasteiger charge is -2.09. The number of amides is 1. The van der Waals surface area contributed by atoms with E-state index >= 15 is 0 Å². The second-order valence-electron chi connectivity index (χ2n) is 5.10. The summed E-state index contributed by atoms with van der Waals surface area (Å²) in [5.74, 6) is -4.35. The molecule has 6 nitrogen and oxygen atoms in total. The van der Waals surface area contributed by atoms with E-state index in [-0.39, 0.29) is 10.6 Å². The number of hydrogen-bond acceptors (Lipinski definition) is 5. The first kappa shape index (κ1) is 18.7. The van der Waals surface area contributed by atoms with Crippen molar-refractivity contribution in [2.45, 2.75) is 18.4 Å². The maximum absolute atomic E-state index is 13.8. The first-order valence-electron chi connectivity index (χ1n) is 7.01. The van der Waals surface area contributed by atoms with Crippen molar-refractivity contribution < 1.29 is 27.3 Å². The average molecular weight is 368 g/mol. The Bertz CT molecular complexity index is 939. The zero-order valence-corrected chi connectivity index (χ0v) is 14.2. The van der Waals surface area contributed by atoms with E-state index in [0.29, 0.717) is 6.07 Å². The summed E-state index contributed by atoms with van der Waals surface area (Å²) in [5, 5.41) is 0.106. The van der Waals surface area contributed by atoms with E-state index in [1.165, 1.54) is 18.5 Å².